The molecule has 2 aliphatic carbocycles. The Hall–Kier alpha value is 0.133. The first-order chi connectivity index (χ1) is 9.90. The Morgan fingerprint density at radius 1 is 0.609 bits per heavy atom. The fourth-order valence-corrected chi connectivity index (χ4v) is 2.81. The van der Waals surface area contributed by atoms with Gasteiger partial charge in [-0.25, -0.2) is 11.1 Å². The molecule has 2 aliphatic rings. The number of hydrogen-bond acceptors (Lipinski definition) is 0. The van der Waals surface area contributed by atoms with Crippen LogP contribution in [0.4, 0.5) is 0 Å². The molecular formula is C21H33ClZr. The molecule has 0 unspecified atom stereocenters. The van der Waals surface area contributed by atoms with E-state index in [0.29, 0.717) is 0 Å². The van der Waals surface area contributed by atoms with Gasteiger partial charge in [0.05, 0.1) is 0 Å². The van der Waals surface area contributed by atoms with Crippen molar-refractivity contribution in [2.75, 3.05) is 6.38 Å². The van der Waals surface area contributed by atoms with Gasteiger partial charge in [-0.3, -0.25) is 12.2 Å². The number of halogens is 1. The summed E-state index contributed by atoms with van der Waals surface area (Å²) in [6.45, 7) is 21.8. The van der Waals surface area contributed by atoms with E-state index < -0.39 is 0 Å². The Balaban J connectivity index is 0. The molecule has 0 aromatic rings. The van der Waals surface area contributed by atoms with Gasteiger partial charge < -0.3 is 0 Å². The SMILES string of the molecule is CC1=[C-]C(C)(C)C(C)=C1C.CC1=[C-]C(C)(C)C(C)=C1C.CCl.[Zr+2]. The summed E-state index contributed by atoms with van der Waals surface area (Å²) in [6.07, 6.45) is 8.34. The van der Waals surface area contributed by atoms with Crippen molar-refractivity contribution in [3.63, 3.8) is 0 Å². The minimum Gasteiger partial charge on any atom is -0.263 e. The van der Waals surface area contributed by atoms with E-state index in [4.69, 9.17) is 0 Å². The first-order valence-electron chi connectivity index (χ1n) is 7.88. The first kappa shape index (κ1) is 25.4. The Bertz CT molecular complexity index is 490. The van der Waals surface area contributed by atoms with E-state index in [1.165, 1.54) is 39.8 Å². The van der Waals surface area contributed by atoms with Crippen LogP contribution in [-0.4, -0.2) is 6.38 Å². The van der Waals surface area contributed by atoms with Crippen LogP contribution in [0.1, 0.15) is 69.2 Å². The second-order valence-electron chi connectivity index (χ2n) is 7.25. The topological polar surface area (TPSA) is 0 Å². The molecule has 2 heteroatoms. The fourth-order valence-electron chi connectivity index (χ4n) is 2.81. The van der Waals surface area contributed by atoms with Gasteiger partial charge in [-0.05, 0) is 0 Å². The van der Waals surface area contributed by atoms with Gasteiger partial charge in [0.15, 0.2) is 0 Å². The van der Waals surface area contributed by atoms with E-state index >= 15 is 0 Å². The molecule has 0 bridgehead atoms. The van der Waals surface area contributed by atoms with Gasteiger partial charge in [0.2, 0.25) is 0 Å². The minimum absolute atomic E-state index is 0. The maximum atomic E-state index is 4.64. The Labute approximate surface area is 169 Å². The molecule has 0 radical (unpaired) electrons. The van der Waals surface area contributed by atoms with Crippen molar-refractivity contribution in [2.24, 2.45) is 10.8 Å². The standard InChI is InChI=1S/2C10H15.CH3Cl.Zr/c2*1-7-6-10(4,5)9(3)8(7)2;1-2;/h2*1-5H3;1H3;/q2*-1;;+2. The second-order valence-corrected chi connectivity index (χ2v) is 7.25. The van der Waals surface area contributed by atoms with Gasteiger partial charge in [0, 0.05) is 6.38 Å². The molecule has 0 saturated carbocycles. The van der Waals surface area contributed by atoms with Crippen molar-refractivity contribution in [1.29, 1.82) is 0 Å². The van der Waals surface area contributed by atoms with E-state index in [1.807, 2.05) is 0 Å². The van der Waals surface area contributed by atoms with Crippen LogP contribution >= 0.6 is 11.6 Å². The maximum Gasteiger partial charge on any atom is 2.00 e. The molecule has 128 valence electrons. The van der Waals surface area contributed by atoms with E-state index in [9.17, 15) is 0 Å². The van der Waals surface area contributed by atoms with E-state index in [2.05, 4.69) is 93.0 Å². The Morgan fingerprint density at radius 2 is 0.826 bits per heavy atom. The van der Waals surface area contributed by atoms with Crippen LogP contribution in [0.15, 0.2) is 33.4 Å². The van der Waals surface area contributed by atoms with Gasteiger partial charge in [-0.1, -0.05) is 66.2 Å². The van der Waals surface area contributed by atoms with Crippen molar-refractivity contribution in [3.05, 3.63) is 45.6 Å². The zero-order valence-corrected chi connectivity index (χ0v) is 20.1. The summed E-state index contributed by atoms with van der Waals surface area (Å²) in [5, 5.41) is 0. The predicted molar refractivity (Wildman–Crippen MR) is 101 cm³/mol. The van der Waals surface area contributed by atoms with Gasteiger partial charge in [0.25, 0.3) is 0 Å². The Kier molecular flexibility index (Phi) is 10.6. The van der Waals surface area contributed by atoms with Crippen molar-refractivity contribution >= 4 is 11.6 Å². The molecule has 0 aromatic heterocycles. The third-order valence-electron chi connectivity index (χ3n) is 5.12. The van der Waals surface area contributed by atoms with Crippen LogP contribution in [0.5, 0.6) is 0 Å². The number of hydrogen-bond donors (Lipinski definition) is 0. The van der Waals surface area contributed by atoms with Crippen LogP contribution in [-0.2, 0) is 26.2 Å². The van der Waals surface area contributed by atoms with Gasteiger partial charge >= 0.3 is 26.2 Å². The molecule has 0 aromatic carbocycles. The van der Waals surface area contributed by atoms with Crippen molar-refractivity contribution in [1.82, 2.24) is 0 Å². The number of allylic oxidation sites excluding steroid dienone is 8. The number of alkyl halides is 1. The van der Waals surface area contributed by atoms with E-state index in [1.54, 1.807) is 0 Å². The molecule has 0 heterocycles. The van der Waals surface area contributed by atoms with Crippen LogP contribution in [0.3, 0.4) is 0 Å². The van der Waals surface area contributed by atoms with Crippen molar-refractivity contribution < 1.29 is 26.2 Å². The van der Waals surface area contributed by atoms with Crippen molar-refractivity contribution in [3.8, 4) is 0 Å². The van der Waals surface area contributed by atoms with Crippen molar-refractivity contribution in [2.45, 2.75) is 69.2 Å². The molecular weight excluding hydrogens is 379 g/mol. The molecule has 0 fully saturated rings. The van der Waals surface area contributed by atoms with Gasteiger partial charge in [-0.2, -0.15) is 22.3 Å². The van der Waals surface area contributed by atoms with Crippen LogP contribution in [0.25, 0.3) is 0 Å². The fraction of sp³-hybridized carbons (Fsp3) is 0.619. The molecule has 2 rings (SSSR count). The molecule has 0 N–H and O–H groups in total. The normalized spacial score (nSPS) is 20.7. The van der Waals surface area contributed by atoms with Crippen LogP contribution in [0, 0.1) is 23.0 Å². The second kappa shape index (κ2) is 9.57. The van der Waals surface area contributed by atoms with Gasteiger partial charge in [0.1, 0.15) is 0 Å². The Morgan fingerprint density at radius 3 is 0.870 bits per heavy atom. The molecule has 0 saturated heterocycles. The molecule has 0 spiro atoms. The first-order valence-corrected chi connectivity index (χ1v) is 8.63. The molecule has 23 heavy (non-hydrogen) atoms. The third-order valence-corrected chi connectivity index (χ3v) is 5.12. The third kappa shape index (κ3) is 6.17. The average Bonchev–Trinajstić information content (AvgIpc) is 2.72. The molecule has 0 atom stereocenters. The van der Waals surface area contributed by atoms with E-state index in [-0.39, 0.29) is 37.0 Å². The maximum absolute atomic E-state index is 4.64. The predicted octanol–water partition coefficient (Wildman–Crippen LogP) is 7.08. The summed E-state index contributed by atoms with van der Waals surface area (Å²) >= 11 is 4.64. The molecule has 0 aliphatic heterocycles. The quantitative estimate of drug-likeness (QED) is 0.295. The van der Waals surface area contributed by atoms with Crippen LogP contribution in [0.2, 0.25) is 0 Å². The summed E-state index contributed by atoms with van der Waals surface area (Å²) < 4.78 is 0. The average molecular weight is 412 g/mol. The number of rotatable bonds is 0. The van der Waals surface area contributed by atoms with Gasteiger partial charge in [-0.15, -0.1) is 25.4 Å². The van der Waals surface area contributed by atoms with E-state index in [0.717, 1.165) is 0 Å². The monoisotopic (exact) mass is 410 g/mol. The summed E-state index contributed by atoms with van der Waals surface area (Å²) in [7, 11) is 0. The smallest absolute Gasteiger partial charge is 0.263 e. The zero-order valence-electron chi connectivity index (χ0n) is 16.9. The summed E-state index contributed by atoms with van der Waals surface area (Å²) in [6, 6.07) is 0. The summed E-state index contributed by atoms with van der Waals surface area (Å²) in [5.41, 5.74) is 8.79. The summed E-state index contributed by atoms with van der Waals surface area (Å²) in [4.78, 5) is 0. The summed E-state index contributed by atoms with van der Waals surface area (Å²) in [5.74, 6) is 0. The van der Waals surface area contributed by atoms with Crippen LogP contribution < -0.4 is 0 Å². The zero-order chi connectivity index (χ0) is 17.9. The minimum atomic E-state index is 0. The molecule has 0 nitrogen and oxygen atoms in total. The molecule has 0 amide bonds. The largest absolute Gasteiger partial charge is 2.00 e.